The predicted octanol–water partition coefficient (Wildman–Crippen LogP) is -5.53. The van der Waals surface area contributed by atoms with Crippen molar-refractivity contribution in [1.29, 1.82) is 0 Å². The first-order valence-corrected chi connectivity index (χ1v) is 35.1. The number of carbonyl (C=O) groups is 15. The Bertz CT molecular complexity index is 3010. The maximum absolute atomic E-state index is 14.5. The minimum atomic E-state index is -5.08. The van der Waals surface area contributed by atoms with Crippen LogP contribution in [0.25, 0.3) is 0 Å². The summed E-state index contributed by atoms with van der Waals surface area (Å²) in [6, 6.07) is -15.0. The van der Waals surface area contributed by atoms with Crippen molar-refractivity contribution in [2.24, 2.45) is 80.1 Å². The van der Waals surface area contributed by atoms with Gasteiger partial charge in [-0.05, 0) is 73.5 Å². The van der Waals surface area contributed by atoms with Gasteiger partial charge in [0.15, 0.2) is 11.9 Å². The molecule has 0 rings (SSSR count). The number of hydrogen-bond donors (Lipinski definition) is 22. The summed E-state index contributed by atoms with van der Waals surface area (Å²) in [6.07, 6.45) is -3.96. The summed E-state index contributed by atoms with van der Waals surface area (Å²) in [5, 5.41) is 69.4. The van der Waals surface area contributed by atoms with Gasteiger partial charge >= 0.3 is 18.1 Å². The Labute approximate surface area is 620 Å². The number of aliphatic hydroxyl groups is 2. The molecule has 107 heavy (non-hydrogen) atoms. The Morgan fingerprint density at radius 2 is 0.673 bits per heavy atom. The van der Waals surface area contributed by atoms with Crippen molar-refractivity contribution in [2.75, 3.05) is 45.9 Å². The van der Waals surface area contributed by atoms with Gasteiger partial charge in [-0.25, -0.2) is 9.59 Å². The van der Waals surface area contributed by atoms with Gasteiger partial charge < -0.3 is 118 Å². The first kappa shape index (κ1) is 99.3. The zero-order chi connectivity index (χ0) is 82.9. The van der Waals surface area contributed by atoms with Gasteiger partial charge in [0.2, 0.25) is 76.8 Å². The van der Waals surface area contributed by atoms with Crippen molar-refractivity contribution >= 4 is 101 Å². The third-order valence-corrected chi connectivity index (χ3v) is 16.6. The van der Waals surface area contributed by atoms with Crippen LogP contribution in [0.1, 0.15) is 148 Å². The van der Waals surface area contributed by atoms with E-state index in [0.717, 1.165) is 0 Å². The number of guanidine groups is 2. The zero-order valence-corrected chi connectivity index (χ0v) is 63.3. The van der Waals surface area contributed by atoms with Crippen molar-refractivity contribution in [1.82, 2.24) is 69.1 Å². The maximum atomic E-state index is 14.5. The molecule has 0 saturated heterocycles. The monoisotopic (exact) mass is 1540 g/mol. The summed E-state index contributed by atoms with van der Waals surface area (Å²) in [5.74, 6) is -19.4. The van der Waals surface area contributed by atoms with Gasteiger partial charge in [-0.15, -0.1) is 0 Å². The molecule has 39 nitrogen and oxygen atoms in total. The number of nitrogens with one attached hydrogen (secondary N) is 13. The number of aliphatic carboxylic acids is 2. The number of carboxylic acid groups (broad SMARTS) is 2. The predicted molar refractivity (Wildman–Crippen MR) is 384 cm³/mol. The molecule has 27 N–H and O–H groups in total. The molecule has 0 aliphatic heterocycles. The number of aliphatic hydroxyl groups excluding tert-OH is 2. The maximum Gasteiger partial charge on any atom is 0.490 e. The third kappa shape index (κ3) is 38.9. The number of hydrogen-bond acceptors (Lipinski definition) is 20. The normalized spacial score (nSPS) is 15.1. The molecule has 0 fully saturated rings. The highest BCUT2D eigenvalue weighted by atomic mass is 19.4. The SMILES string of the molecule is CCC(C)C(NC(=O)C(CCCN=C(N)N)NC(=O)CNC(=O)C(NC(=O)C(NC(=O)C(NC(=O)C(NC(=O)C(CO)NC(=O)CN)C(C)C)C(C)C)C(C)CC)C(C)C)C(=O)NC(C(=O)NC(CC(C)C)C(=O)NC(CO)C(=O)NCC(=O)NC(CCCN=C(N)N)C(=O)O)C(C)CC.O=C(O)C(F)(F)F. The molecule has 14 atom stereocenters. The second-order valence-electron chi connectivity index (χ2n) is 27.0. The molecule has 0 aromatic rings. The van der Waals surface area contributed by atoms with Crippen molar-refractivity contribution in [3.63, 3.8) is 0 Å². The highest BCUT2D eigenvalue weighted by molar-refractivity contribution is 6.00. The lowest BCUT2D eigenvalue weighted by molar-refractivity contribution is -0.192. The second-order valence-corrected chi connectivity index (χ2v) is 27.0. The fourth-order valence-corrected chi connectivity index (χ4v) is 9.66. The van der Waals surface area contributed by atoms with Crippen LogP contribution in [-0.2, 0) is 71.9 Å². The van der Waals surface area contributed by atoms with E-state index in [4.69, 9.17) is 38.6 Å². The minimum absolute atomic E-state index is 0.00495. The first-order chi connectivity index (χ1) is 49.7. The molecule has 0 heterocycles. The molecule has 0 bridgehead atoms. The van der Waals surface area contributed by atoms with Crippen LogP contribution < -0.4 is 97.8 Å². The van der Waals surface area contributed by atoms with Gasteiger partial charge in [-0.2, -0.15) is 13.2 Å². The van der Waals surface area contributed by atoms with E-state index >= 15 is 0 Å². The van der Waals surface area contributed by atoms with Gasteiger partial charge in [0.1, 0.15) is 66.5 Å². The number of alkyl halides is 3. The quantitative estimate of drug-likeness (QED) is 0.0153. The summed E-state index contributed by atoms with van der Waals surface area (Å²) in [7, 11) is 0. The highest BCUT2D eigenvalue weighted by Crippen LogP contribution is 2.18. The van der Waals surface area contributed by atoms with Crippen molar-refractivity contribution < 1.29 is 106 Å². The molecule has 0 spiro atoms. The van der Waals surface area contributed by atoms with Gasteiger partial charge in [0, 0.05) is 13.1 Å². The van der Waals surface area contributed by atoms with Crippen LogP contribution in [0.2, 0.25) is 0 Å². The molecule has 0 aromatic carbocycles. The van der Waals surface area contributed by atoms with E-state index in [9.17, 15) is 95.6 Å². The van der Waals surface area contributed by atoms with E-state index in [1.54, 1.807) is 96.9 Å². The Kier molecular flexibility index (Phi) is 47.1. The molecule has 0 saturated carbocycles. The number of rotatable bonds is 48. The Morgan fingerprint density at radius 1 is 0.383 bits per heavy atom. The number of aliphatic imine (C=N–C) groups is 2. The molecule has 0 aliphatic rings. The van der Waals surface area contributed by atoms with Crippen LogP contribution >= 0.6 is 0 Å². The van der Waals surface area contributed by atoms with Crippen LogP contribution in [0.5, 0.6) is 0 Å². The standard InChI is InChI=1S/C63H116N20O17.C2HF3O2/c1-15-34(12)48(58(96)76-39(24-30(4)5)53(91)77-40(28-84)51(89)71-26-44(88)74-38(61(99)100)21-19-23-70-63(67)68)83-60(98)49(35(13)16-2)81-52(90)37(20-18-22-69-62(65)66)73-43(87)27-72-55(93)45(31(6)7)79-59(97)50(36(14)17-3)82-57(95)47(33(10)11)80-56(94)46(32(8)9)78-54(92)41(29-85)75-42(86)25-64;3-2(4,5)1(6)7/h30-41,45-50,84-85H,15-29,64H2,1-14H3,(H,71,89)(H,72,93)(H,73,87)(H,74,88)(H,75,86)(H,76,96)(H,77,91)(H,78,92)(H,79,97)(H,80,94)(H,81,90)(H,82,95)(H,83,98)(H,99,100)(H4,65,66,69)(H4,67,68,70);(H,6,7). The van der Waals surface area contributed by atoms with E-state index in [1.165, 1.54) is 0 Å². The van der Waals surface area contributed by atoms with Gasteiger partial charge in [0.25, 0.3) is 0 Å². The number of nitrogens with two attached hydrogens (primary N) is 5. The molecule has 0 aliphatic carbocycles. The number of nitrogens with zero attached hydrogens (tertiary/aromatic N) is 2. The smallest absolute Gasteiger partial charge is 0.480 e. The fraction of sp³-hybridized carbons (Fsp3) is 0.738. The van der Waals surface area contributed by atoms with Crippen LogP contribution in [0, 0.1) is 41.4 Å². The number of carbonyl (C=O) groups excluding carboxylic acids is 13. The fourth-order valence-electron chi connectivity index (χ4n) is 9.66. The number of carboxylic acids is 2. The second kappa shape index (κ2) is 50.7. The van der Waals surface area contributed by atoms with E-state index < -0.39 is 230 Å². The molecule has 612 valence electrons. The lowest BCUT2D eigenvalue weighted by atomic mass is 9.94. The Morgan fingerprint density at radius 3 is 1.02 bits per heavy atom. The molecular weight excluding hydrogens is 1420 g/mol. The van der Waals surface area contributed by atoms with E-state index in [0.29, 0.717) is 19.3 Å². The van der Waals surface area contributed by atoms with Crippen LogP contribution in [0.4, 0.5) is 13.2 Å². The van der Waals surface area contributed by atoms with E-state index in [-0.39, 0.29) is 63.0 Å². The summed E-state index contributed by atoms with van der Waals surface area (Å²) in [6.45, 7) is 19.9. The molecule has 14 unspecified atom stereocenters. The van der Waals surface area contributed by atoms with Gasteiger partial charge in [-0.3, -0.25) is 72.3 Å². The summed E-state index contributed by atoms with van der Waals surface area (Å²) in [4.78, 5) is 206. The van der Waals surface area contributed by atoms with E-state index in [1.807, 2.05) is 0 Å². The molecular formula is C65H117F3N20O19. The summed E-state index contributed by atoms with van der Waals surface area (Å²) < 4.78 is 31.7. The van der Waals surface area contributed by atoms with E-state index in [2.05, 4.69) is 79.1 Å². The average molecular weight is 1540 g/mol. The minimum Gasteiger partial charge on any atom is -0.480 e. The van der Waals surface area contributed by atoms with Crippen molar-refractivity contribution in [3.05, 3.63) is 0 Å². The largest absolute Gasteiger partial charge is 0.490 e. The molecule has 0 aromatic heterocycles. The topological polar surface area (TPSA) is 648 Å². The van der Waals surface area contributed by atoms with Crippen molar-refractivity contribution in [2.45, 2.75) is 221 Å². The van der Waals surface area contributed by atoms with Gasteiger partial charge in [0.05, 0.1) is 32.8 Å². The van der Waals surface area contributed by atoms with Crippen molar-refractivity contribution in [3.8, 4) is 0 Å². The molecule has 0 radical (unpaired) electrons. The first-order valence-electron chi connectivity index (χ1n) is 35.1. The van der Waals surface area contributed by atoms with Crippen LogP contribution in [0.15, 0.2) is 9.98 Å². The van der Waals surface area contributed by atoms with Crippen LogP contribution in [0.3, 0.4) is 0 Å². The highest BCUT2D eigenvalue weighted by Gasteiger charge is 2.41. The lowest BCUT2D eigenvalue weighted by Crippen LogP contribution is -2.62. The third-order valence-electron chi connectivity index (χ3n) is 16.6. The summed E-state index contributed by atoms with van der Waals surface area (Å²) in [5.41, 5.74) is 27.0. The molecule has 13 amide bonds. The molecule has 42 heteroatoms. The number of amides is 13. The Balaban J connectivity index is 0. The van der Waals surface area contributed by atoms with Crippen LogP contribution in [-0.4, -0.2) is 240 Å². The van der Waals surface area contributed by atoms with Gasteiger partial charge in [-0.1, -0.05) is 116 Å². The average Bonchev–Trinajstić information content (AvgIpc) is 0.839. The Hall–Kier alpha value is -9.74. The lowest BCUT2D eigenvalue weighted by Gasteiger charge is -2.31. The zero-order valence-electron chi connectivity index (χ0n) is 63.3. The summed E-state index contributed by atoms with van der Waals surface area (Å²) >= 11 is 0. The number of halogens is 3.